The maximum absolute atomic E-state index is 10.3. The molecule has 0 aliphatic heterocycles. The minimum atomic E-state index is -0.770. The van der Waals surface area contributed by atoms with Crippen LogP contribution >= 0.6 is 0 Å². The van der Waals surface area contributed by atoms with Crippen LogP contribution in [0.1, 0.15) is 6.92 Å². The lowest BCUT2D eigenvalue weighted by Gasteiger charge is -1.80. The molecule has 0 unspecified atom stereocenters. The fraction of sp³-hybridized carbons (Fsp3) is 0.167. The Morgan fingerprint density at radius 2 is 2.20 bits per heavy atom. The highest BCUT2D eigenvalue weighted by Gasteiger charge is 1.91. The molecule has 0 radical (unpaired) electrons. The number of rotatable bonds is 3. The normalized spacial score (nSPS) is 10.5. The van der Waals surface area contributed by atoms with Gasteiger partial charge in [-0.3, -0.25) is 4.84 Å². The van der Waals surface area contributed by atoms with Crippen molar-refractivity contribution >= 4 is 5.97 Å². The molecule has 0 aromatic rings. The summed E-state index contributed by atoms with van der Waals surface area (Å²) in [4.78, 5) is 23.3. The van der Waals surface area contributed by atoms with Crippen LogP contribution in [0.5, 0.6) is 0 Å². The van der Waals surface area contributed by atoms with Crippen LogP contribution in [0.25, 0.3) is 0 Å². The van der Waals surface area contributed by atoms with E-state index in [1.54, 1.807) is 19.1 Å². The highest BCUT2D eigenvalue weighted by atomic mass is 16.7. The molecule has 4 nitrogen and oxygen atoms in total. The average molecular weight is 141 g/mol. The lowest BCUT2D eigenvalue weighted by atomic mass is 10.4. The molecule has 0 aromatic carbocycles. The van der Waals surface area contributed by atoms with Crippen LogP contribution in [0.4, 0.5) is 0 Å². The van der Waals surface area contributed by atoms with Gasteiger partial charge in [0.1, 0.15) is 0 Å². The van der Waals surface area contributed by atoms with Gasteiger partial charge in [-0.05, 0) is 6.92 Å². The fourth-order valence-electron chi connectivity index (χ4n) is 0.312. The number of hydrogen-bond donors (Lipinski definition) is 0. The second-order valence-corrected chi connectivity index (χ2v) is 1.37. The van der Waals surface area contributed by atoms with Gasteiger partial charge in [0.05, 0.1) is 0 Å². The fourth-order valence-corrected chi connectivity index (χ4v) is 0.312. The molecule has 0 saturated carbocycles. The molecule has 0 rings (SSSR count). The Bertz CT molecular complexity index is 172. The van der Waals surface area contributed by atoms with E-state index < -0.39 is 5.97 Å². The highest BCUT2D eigenvalue weighted by molar-refractivity contribution is 5.81. The van der Waals surface area contributed by atoms with Gasteiger partial charge in [0.25, 0.3) is 0 Å². The molecule has 0 amide bonds. The summed E-state index contributed by atoms with van der Waals surface area (Å²) in [6.45, 7) is 1.80. The van der Waals surface area contributed by atoms with Crippen LogP contribution in [0.15, 0.2) is 29.6 Å². The standard InChI is InChI=1S/C6H7NO3/c1-2-3-4-5-6(8)10-7-9/h2-5H,1H3/b3-2+,5-4+. The van der Waals surface area contributed by atoms with Crippen LogP contribution < -0.4 is 0 Å². The molecule has 4 heteroatoms. The largest absolute Gasteiger partial charge is 0.362 e. The zero-order chi connectivity index (χ0) is 7.82. The monoisotopic (exact) mass is 141 g/mol. The van der Waals surface area contributed by atoms with Crippen LogP contribution in [-0.2, 0) is 9.63 Å². The quantitative estimate of drug-likeness (QED) is 0.258. The van der Waals surface area contributed by atoms with Crippen molar-refractivity contribution in [3.63, 3.8) is 0 Å². The lowest BCUT2D eigenvalue weighted by Crippen LogP contribution is -1.91. The van der Waals surface area contributed by atoms with Crippen LogP contribution in [0.2, 0.25) is 0 Å². The topological polar surface area (TPSA) is 55.7 Å². The number of carbonyl (C=O) groups excluding carboxylic acids is 1. The zero-order valence-corrected chi connectivity index (χ0v) is 5.48. The summed E-state index contributed by atoms with van der Waals surface area (Å²) >= 11 is 0. The maximum atomic E-state index is 10.3. The Balaban J connectivity index is 3.66. The molecule has 0 aliphatic carbocycles. The minimum Gasteiger partial charge on any atom is -0.280 e. The van der Waals surface area contributed by atoms with E-state index >= 15 is 0 Å². The molecule has 54 valence electrons. The summed E-state index contributed by atoms with van der Waals surface area (Å²) in [5.74, 6) is -0.770. The van der Waals surface area contributed by atoms with Gasteiger partial charge in [-0.25, -0.2) is 4.79 Å². The van der Waals surface area contributed by atoms with Crippen molar-refractivity contribution < 1.29 is 9.63 Å². The number of allylic oxidation sites excluding steroid dienone is 3. The summed E-state index contributed by atoms with van der Waals surface area (Å²) in [5, 5.41) is 1.94. The Kier molecular flexibility index (Phi) is 4.86. The number of carbonyl (C=O) groups is 1. The minimum absolute atomic E-state index is 0.770. The van der Waals surface area contributed by atoms with Crippen molar-refractivity contribution in [1.29, 1.82) is 0 Å². The number of hydrogen-bond acceptors (Lipinski definition) is 4. The van der Waals surface area contributed by atoms with Crippen molar-refractivity contribution in [3.8, 4) is 0 Å². The van der Waals surface area contributed by atoms with Gasteiger partial charge in [0.2, 0.25) is 0 Å². The second kappa shape index (κ2) is 5.68. The average Bonchev–Trinajstić information content (AvgIpc) is 1.89. The maximum Gasteiger partial charge on any atom is 0.362 e. The molecule has 0 N–H and O–H groups in total. The molecular formula is C6H7NO3. The van der Waals surface area contributed by atoms with E-state index in [1.807, 2.05) is 5.34 Å². The first-order valence-electron chi connectivity index (χ1n) is 2.64. The van der Waals surface area contributed by atoms with Gasteiger partial charge in [-0.1, -0.05) is 18.2 Å². The summed E-state index contributed by atoms with van der Waals surface area (Å²) in [6, 6.07) is 0. The Morgan fingerprint density at radius 3 is 2.70 bits per heavy atom. The first kappa shape index (κ1) is 8.55. The van der Waals surface area contributed by atoms with Gasteiger partial charge in [-0.15, -0.1) is 4.91 Å². The first-order chi connectivity index (χ1) is 4.81. The van der Waals surface area contributed by atoms with Crippen molar-refractivity contribution in [2.45, 2.75) is 6.92 Å². The highest BCUT2D eigenvalue weighted by Crippen LogP contribution is 1.82. The van der Waals surface area contributed by atoms with Gasteiger partial charge in [0, 0.05) is 6.08 Å². The Hall–Kier alpha value is -1.45. The van der Waals surface area contributed by atoms with Gasteiger partial charge < -0.3 is 0 Å². The van der Waals surface area contributed by atoms with E-state index in [-0.39, 0.29) is 0 Å². The van der Waals surface area contributed by atoms with Gasteiger partial charge in [-0.2, -0.15) is 0 Å². The Labute approximate surface area is 58.1 Å². The molecule has 0 aliphatic rings. The Morgan fingerprint density at radius 1 is 1.50 bits per heavy atom. The molecule has 0 heterocycles. The molecule has 10 heavy (non-hydrogen) atoms. The van der Waals surface area contributed by atoms with Crippen LogP contribution in [-0.4, -0.2) is 5.97 Å². The van der Waals surface area contributed by atoms with Crippen LogP contribution in [0.3, 0.4) is 0 Å². The third kappa shape index (κ3) is 4.70. The summed E-state index contributed by atoms with van der Waals surface area (Å²) in [6.07, 6.45) is 5.92. The number of nitrogens with zero attached hydrogens (tertiary/aromatic N) is 1. The predicted molar refractivity (Wildman–Crippen MR) is 35.8 cm³/mol. The van der Waals surface area contributed by atoms with Gasteiger partial charge >= 0.3 is 5.97 Å². The third-order valence-electron chi connectivity index (χ3n) is 0.663. The van der Waals surface area contributed by atoms with E-state index in [9.17, 15) is 9.70 Å². The summed E-state index contributed by atoms with van der Waals surface area (Å²) in [7, 11) is 0. The molecular weight excluding hydrogens is 134 g/mol. The van der Waals surface area contributed by atoms with Crippen molar-refractivity contribution in [2.75, 3.05) is 0 Å². The van der Waals surface area contributed by atoms with Gasteiger partial charge in [0.15, 0.2) is 5.34 Å². The second-order valence-electron chi connectivity index (χ2n) is 1.37. The summed E-state index contributed by atoms with van der Waals surface area (Å²) < 4.78 is 0. The van der Waals surface area contributed by atoms with E-state index in [1.165, 1.54) is 6.08 Å². The molecule has 0 fully saturated rings. The van der Waals surface area contributed by atoms with Crippen molar-refractivity contribution in [3.05, 3.63) is 29.2 Å². The summed E-state index contributed by atoms with van der Waals surface area (Å²) in [5.41, 5.74) is 0. The van der Waals surface area contributed by atoms with E-state index in [0.717, 1.165) is 6.08 Å². The van der Waals surface area contributed by atoms with Crippen molar-refractivity contribution in [2.24, 2.45) is 5.34 Å². The first-order valence-corrected chi connectivity index (χ1v) is 2.64. The predicted octanol–water partition coefficient (Wildman–Crippen LogP) is 1.34. The third-order valence-corrected chi connectivity index (χ3v) is 0.663. The zero-order valence-electron chi connectivity index (χ0n) is 5.48. The molecule has 0 spiro atoms. The van der Waals surface area contributed by atoms with E-state index in [2.05, 4.69) is 4.84 Å². The van der Waals surface area contributed by atoms with Crippen LogP contribution in [0, 0.1) is 4.91 Å². The van der Waals surface area contributed by atoms with E-state index in [0.29, 0.717) is 0 Å². The molecule has 0 aromatic heterocycles. The molecule has 0 saturated heterocycles. The molecule has 0 bridgehead atoms. The SMILES string of the molecule is C/C=C/C=C/C(=O)ON=O. The molecule has 0 atom stereocenters. The van der Waals surface area contributed by atoms with Crippen molar-refractivity contribution in [1.82, 2.24) is 0 Å². The smallest absolute Gasteiger partial charge is 0.280 e. The lowest BCUT2D eigenvalue weighted by molar-refractivity contribution is -0.137. The van der Waals surface area contributed by atoms with E-state index in [4.69, 9.17) is 0 Å².